The highest BCUT2D eigenvalue weighted by molar-refractivity contribution is 5.39. The zero-order valence-electron chi connectivity index (χ0n) is 10.8. The first-order valence-corrected chi connectivity index (χ1v) is 6.55. The Morgan fingerprint density at radius 2 is 2.06 bits per heavy atom. The van der Waals surface area contributed by atoms with Crippen molar-refractivity contribution in [1.82, 2.24) is 0 Å². The minimum absolute atomic E-state index is 0.317. The monoisotopic (exact) mass is 234 g/mol. The number of rotatable bonds is 4. The van der Waals surface area contributed by atoms with E-state index in [0.717, 1.165) is 11.3 Å². The van der Waals surface area contributed by atoms with Crippen molar-refractivity contribution in [2.45, 2.75) is 51.0 Å². The lowest BCUT2D eigenvalue weighted by molar-refractivity contribution is 0.194. The number of aliphatic hydroxyl groups is 1. The molecule has 0 heterocycles. The molecule has 1 atom stereocenters. The first-order chi connectivity index (χ1) is 8.20. The van der Waals surface area contributed by atoms with E-state index in [-0.39, 0.29) is 6.10 Å². The Bertz CT molecular complexity index is 365. The molecule has 1 aromatic rings. The number of aliphatic hydroxyl groups excluding tert-OH is 1. The molecule has 2 rings (SSSR count). The maximum Gasteiger partial charge on any atom is 0.122 e. The third kappa shape index (κ3) is 3.01. The molecule has 0 aromatic heterocycles. The Morgan fingerprint density at radius 1 is 1.35 bits per heavy atom. The molecule has 1 N–H and O–H groups in total. The first-order valence-electron chi connectivity index (χ1n) is 6.55. The van der Waals surface area contributed by atoms with E-state index in [2.05, 4.69) is 12.1 Å². The molecule has 0 radical (unpaired) electrons. The fourth-order valence-electron chi connectivity index (χ4n) is 2.79. The van der Waals surface area contributed by atoms with Crippen molar-refractivity contribution >= 4 is 0 Å². The maximum atomic E-state index is 9.53. The highest BCUT2D eigenvalue weighted by atomic mass is 16.5. The zero-order chi connectivity index (χ0) is 12.3. The summed E-state index contributed by atoms with van der Waals surface area (Å²) in [6.07, 6.45) is 5.66. The van der Waals surface area contributed by atoms with Crippen LogP contribution >= 0.6 is 0 Å². The molecule has 1 aromatic carbocycles. The lowest BCUT2D eigenvalue weighted by atomic mass is 9.94. The molecule has 0 bridgehead atoms. The molecule has 1 fully saturated rings. The summed E-state index contributed by atoms with van der Waals surface area (Å²) in [4.78, 5) is 0. The van der Waals surface area contributed by atoms with E-state index < -0.39 is 0 Å². The molecule has 0 amide bonds. The van der Waals surface area contributed by atoms with Gasteiger partial charge in [-0.3, -0.25) is 0 Å². The molecular weight excluding hydrogens is 212 g/mol. The van der Waals surface area contributed by atoms with Gasteiger partial charge in [0, 0.05) is 6.42 Å². The summed E-state index contributed by atoms with van der Waals surface area (Å²) >= 11 is 0. The smallest absolute Gasteiger partial charge is 0.122 e. The van der Waals surface area contributed by atoms with Crippen LogP contribution in [0.5, 0.6) is 5.75 Å². The molecule has 2 nitrogen and oxygen atoms in total. The highest BCUT2D eigenvalue weighted by Gasteiger charge is 2.18. The molecule has 0 saturated heterocycles. The van der Waals surface area contributed by atoms with Gasteiger partial charge in [0.1, 0.15) is 5.75 Å². The van der Waals surface area contributed by atoms with Crippen LogP contribution in [-0.2, 0) is 6.42 Å². The van der Waals surface area contributed by atoms with Gasteiger partial charge in [0.2, 0.25) is 0 Å². The van der Waals surface area contributed by atoms with Crippen LogP contribution in [0.25, 0.3) is 0 Å². The summed E-state index contributed by atoms with van der Waals surface area (Å²) in [5.41, 5.74) is 2.55. The van der Waals surface area contributed by atoms with Crippen molar-refractivity contribution in [3.8, 4) is 5.75 Å². The molecule has 94 valence electrons. The topological polar surface area (TPSA) is 29.5 Å². The Labute approximate surface area is 104 Å². The number of methoxy groups -OCH3 is 1. The second kappa shape index (κ2) is 5.54. The minimum Gasteiger partial charge on any atom is -0.496 e. The molecule has 1 unspecified atom stereocenters. The minimum atomic E-state index is -0.317. The predicted molar refractivity (Wildman–Crippen MR) is 69.6 cm³/mol. The number of ether oxygens (including phenoxy) is 1. The van der Waals surface area contributed by atoms with Crippen LogP contribution in [0.15, 0.2) is 18.2 Å². The normalized spacial score (nSPS) is 18.3. The van der Waals surface area contributed by atoms with Crippen molar-refractivity contribution in [3.05, 3.63) is 29.3 Å². The summed E-state index contributed by atoms with van der Waals surface area (Å²) in [6, 6.07) is 6.45. The highest BCUT2D eigenvalue weighted by Crippen LogP contribution is 2.36. The van der Waals surface area contributed by atoms with Crippen molar-refractivity contribution in [2.75, 3.05) is 7.11 Å². The standard InChI is InChI=1S/C15H22O2/c1-11(16)9-14-10-13(7-8-15(14)17-2)12-5-3-4-6-12/h7-8,10-12,16H,3-6,9H2,1-2H3. The van der Waals surface area contributed by atoms with Gasteiger partial charge >= 0.3 is 0 Å². The summed E-state index contributed by atoms with van der Waals surface area (Å²) < 4.78 is 5.35. The molecule has 2 heteroatoms. The second-order valence-electron chi connectivity index (χ2n) is 5.11. The predicted octanol–water partition coefficient (Wildman–Crippen LogP) is 3.28. The van der Waals surface area contributed by atoms with E-state index in [0.29, 0.717) is 12.3 Å². The van der Waals surface area contributed by atoms with E-state index in [4.69, 9.17) is 4.74 Å². The van der Waals surface area contributed by atoms with Crippen LogP contribution in [0.4, 0.5) is 0 Å². The van der Waals surface area contributed by atoms with E-state index in [1.54, 1.807) is 7.11 Å². The number of hydrogen-bond donors (Lipinski definition) is 1. The average Bonchev–Trinajstić information content (AvgIpc) is 2.81. The average molecular weight is 234 g/mol. The molecule has 1 aliphatic carbocycles. The summed E-state index contributed by atoms with van der Waals surface area (Å²) in [7, 11) is 1.69. The molecule has 1 saturated carbocycles. The zero-order valence-corrected chi connectivity index (χ0v) is 10.8. The number of hydrogen-bond acceptors (Lipinski definition) is 2. The second-order valence-corrected chi connectivity index (χ2v) is 5.11. The van der Waals surface area contributed by atoms with Gasteiger partial charge in [-0.05, 0) is 42.9 Å². The summed E-state index contributed by atoms with van der Waals surface area (Å²) in [5.74, 6) is 1.61. The molecule has 0 aliphatic heterocycles. The van der Waals surface area contributed by atoms with Gasteiger partial charge in [0.25, 0.3) is 0 Å². The summed E-state index contributed by atoms with van der Waals surface area (Å²) in [6.45, 7) is 1.82. The number of benzene rings is 1. The van der Waals surface area contributed by atoms with Gasteiger partial charge in [-0.15, -0.1) is 0 Å². The van der Waals surface area contributed by atoms with Gasteiger partial charge in [0.05, 0.1) is 13.2 Å². The van der Waals surface area contributed by atoms with Gasteiger partial charge in [-0.1, -0.05) is 25.0 Å². The van der Waals surface area contributed by atoms with Gasteiger partial charge in [0.15, 0.2) is 0 Å². The quantitative estimate of drug-likeness (QED) is 0.866. The van der Waals surface area contributed by atoms with Gasteiger partial charge < -0.3 is 9.84 Å². The van der Waals surface area contributed by atoms with Gasteiger partial charge in [-0.2, -0.15) is 0 Å². The Balaban J connectivity index is 2.23. The fraction of sp³-hybridized carbons (Fsp3) is 0.600. The van der Waals surface area contributed by atoms with Crippen LogP contribution in [0.2, 0.25) is 0 Å². The fourth-order valence-corrected chi connectivity index (χ4v) is 2.79. The Kier molecular flexibility index (Phi) is 4.06. The molecule has 1 aliphatic rings. The van der Waals surface area contributed by atoms with Crippen LogP contribution in [0.3, 0.4) is 0 Å². The SMILES string of the molecule is COc1ccc(C2CCCC2)cc1CC(C)O. The third-order valence-electron chi connectivity index (χ3n) is 3.65. The lowest BCUT2D eigenvalue weighted by Crippen LogP contribution is -2.07. The van der Waals surface area contributed by atoms with Crippen molar-refractivity contribution in [2.24, 2.45) is 0 Å². The lowest BCUT2D eigenvalue weighted by Gasteiger charge is -2.15. The summed E-state index contributed by atoms with van der Waals surface area (Å²) in [5, 5.41) is 9.53. The third-order valence-corrected chi connectivity index (χ3v) is 3.65. The maximum absolute atomic E-state index is 9.53. The van der Waals surface area contributed by atoms with Crippen LogP contribution < -0.4 is 4.74 Å². The van der Waals surface area contributed by atoms with Crippen LogP contribution in [0.1, 0.15) is 49.7 Å². The van der Waals surface area contributed by atoms with Crippen molar-refractivity contribution < 1.29 is 9.84 Å². The van der Waals surface area contributed by atoms with E-state index in [1.807, 2.05) is 13.0 Å². The Hall–Kier alpha value is -1.02. The van der Waals surface area contributed by atoms with E-state index >= 15 is 0 Å². The van der Waals surface area contributed by atoms with Crippen molar-refractivity contribution in [1.29, 1.82) is 0 Å². The van der Waals surface area contributed by atoms with E-state index in [9.17, 15) is 5.11 Å². The first kappa shape index (κ1) is 12.4. The molecule has 0 spiro atoms. The molecule has 17 heavy (non-hydrogen) atoms. The van der Waals surface area contributed by atoms with Crippen molar-refractivity contribution in [3.63, 3.8) is 0 Å². The van der Waals surface area contributed by atoms with E-state index in [1.165, 1.54) is 31.2 Å². The Morgan fingerprint density at radius 3 is 2.65 bits per heavy atom. The van der Waals surface area contributed by atoms with Crippen LogP contribution in [0, 0.1) is 0 Å². The molecular formula is C15H22O2. The van der Waals surface area contributed by atoms with Crippen LogP contribution in [-0.4, -0.2) is 18.3 Å². The van der Waals surface area contributed by atoms with Gasteiger partial charge in [-0.25, -0.2) is 0 Å². The largest absolute Gasteiger partial charge is 0.496 e.